The summed E-state index contributed by atoms with van der Waals surface area (Å²) in [4.78, 5) is 15.6. The van der Waals surface area contributed by atoms with Crippen LogP contribution in [0.3, 0.4) is 0 Å². The number of carbonyl (C=O) groups is 1. The van der Waals surface area contributed by atoms with Crippen molar-refractivity contribution in [3.63, 3.8) is 0 Å². The highest BCUT2D eigenvalue weighted by Crippen LogP contribution is 2.20. The maximum atomic E-state index is 12.2. The fourth-order valence-electron chi connectivity index (χ4n) is 2.39. The molecule has 0 saturated carbocycles. The zero-order chi connectivity index (χ0) is 18.6. The molecular formula is C17H23N3O3S2. The summed E-state index contributed by atoms with van der Waals surface area (Å²) in [7, 11) is -0.317. The normalized spacial score (nSPS) is 11.7. The second-order valence-electron chi connectivity index (χ2n) is 5.94. The summed E-state index contributed by atoms with van der Waals surface area (Å²) in [6.45, 7) is 4.69. The van der Waals surface area contributed by atoms with Gasteiger partial charge in [-0.05, 0) is 62.6 Å². The van der Waals surface area contributed by atoms with Gasteiger partial charge in [0.15, 0.2) is 0 Å². The van der Waals surface area contributed by atoms with Gasteiger partial charge < -0.3 is 5.32 Å². The molecule has 2 rings (SSSR count). The number of amides is 1. The number of hydrogen-bond donors (Lipinski definition) is 2. The lowest BCUT2D eigenvalue weighted by atomic mass is 10.2. The van der Waals surface area contributed by atoms with E-state index in [1.165, 1.54) is 23.6 Å². The number of anilines is 1. The van der Waals surface area contributed by atoms with Gasteiger partial charge in [-0.25, -0.2) is 13.1 Å². The van der Waals surface area contributed by atoms with E-state index in [4.69, 9.17) is 0 Å². The summed E-state index contributed by atoms with van der Waals surface area (Å²) in [6.07, 6.45) is 0. The van der Waals surface area contributed by atoms with Crippen LogP contribution >= 0.6 is 11.3 Å². The van der Waals surface area contributed by atoms with Gasteiger partial charge in [0.2, 0.25) is 15.9 Å². The van der Waals surface area contributed by atoms with Crippen LogP contribution in [0, 0.1) is 13.8 Å². The number of carbonyl (C=O) groups excluding carboxylic acids is 1. The lowest BCUT2D eigenvalue weighted by molar-refractivity contribution is -0.117. The van der Waals surface area contributed by atoms with Crippen molar-refractivity contribution in [3.05, 3.63) is 45.6 Å². The third kappa shape index (κ3) is 5.12. The average Bonchev–Trinajstić information content (AvgIpc) is 2.93. The average molecular weight is 382 g/mol. The molecule has 1 aromatic carbocycles. The third-order valence-electron chi connectivity index (χ3n) is 3.83. The molecule has 1 amide bonds. The van der Waals surface area contributed by atoms with E-state index in [0.717, 1.165) is 0 Å². The van der Waals surface area contributed by atoms with Crippen molar-refractivity contribution in [2.24, 2.45) is 0 Å². The highest BCUT2D eigenvalue weighted by molar-refractivity contribution is 7.89. The number of sulfonamides is 1. The predicted molar refractivity (Wildman–Crippen MR) is 101 cm³/mol. The minimum absolute atomic E-state index is 0.162. The molecule has 1 heterocycles. The molecule has 2 aromatic rings. The number of thiophene rings is 1. The first-order valence-corrected chi connectivity index (χ1v) is 10.1. The topological polar surface area (TPSA) is 78.5 Å². The van der Waals surface area contributed by atoms with Gasteiger partial charge in [-0.3, -0.25) is 9.69 Å². The molecule has 1 aromatic heterocycles. The Labute approximate surface area is 152 Å². The van der Waals surface area contributed by atoms with Gasteiger partial charge in [0.1, 0.15) is 0 Å². The molecule has 0 bridgehead atoms. The monoisotopic (exact) mass is 381 g/mol. The van der Waals surface area contributed by atoms with Crippen LogP contribution in [-0.2, 0) is 21.4 Å². The summed E-state index contributed by atoms with van der Waals surface area (Å²) in [5.74, 6) is -0.187. The van der Waals surface area contributed by atoms with Crippen LogP contribution in [0.1, 0.15) is 16.0 Å². The number of aryl methyl sites for hydroxylation is 2. The minimum Gasteiger partial charge on any atom is -0.325 e. The van der Waals surface area contributed by atoms with Crippen molar-refractivity contribution >= 4 is 33.0 Å². The zero-order valence-electron chi connectivity index (χ0n) is 14.8. The molecule has 2 N–H and O–H groups in total. The number of rotatable bonds is 7. The molecule has 0 unspecified atom stereocenters. The first-order chi connectivity index (χ1) is 11.7. The van der Waals surface area contributed by atoms with E-state index >= 15 is 0 Å². The summed E-state index contributed by atoms with van der Waals surface area (Å²) in [6, 6.07) is 6.91. The summed E-state index contributed by atoms with van der Waals surface area (Å²) in [5.41, 5.74) is 2.31. The Kier molecular flexibility index (Phi) is 6.34. The molecular weight excluding hydrogens is 358 g/mol. The van der Waals surface area contributed by atoms with Crippen molar-refractivity contribution in [1.29, 1.82) is 0 Å². The van der Waals surface area contributed by atoms with Gasteiger partial charge >= 0.3 is 0 Å². The molecule has 0 radical (unpaired) electrons. The Bertz CT molecular complexity index is 860. The van der Waals surface area contributed by atoms with E-state index in [2.05, 4.69) is 23.0 Å². The van der Waals surface area contributed by atoms with Gasteiger partial charge in [-0.2, -0.15) is 0 Å². The van der Waals surface area contributed by atoms with Crippen molar-refractivity contribution in [2.75, 3.05) is 26.0 Å². The van der Waals surface area contributed by atoms with Crippen LogP contribution in [0.15, 0.2) is 34.5 Å². The van der Waals surface area contributed by atoms with Gasteiger partial charge in [0, 0.05) is 17.1 Å². The fraction of sp³-hybridized carbons (Fsp3) is 0.353. The molecule has 8 heteroatoms. The molecule has 25 heavy (non-hydrogen) atoms. The Hall–Kier alpha value is -1.74. The molecule has 136 valence electrons. The summed E-state index contributed by atoms with van der Waals surface area (Å²) < 4.78 is 26.3. The van der Waals surface area contributed by atoms with E-state index in [9.17, 15) is 13.2 Å². The minimum atomic E-state index is -3.56. The number of nitrogens with zero attached hydrogens (tertiary/aromatic N) is 1. The summed E-state index contributed by atoms with van der Waals surface area (Å²) in [5, 5.41) is 4.80. The highest BCUT2D eigenvalue weighted by atomic mass is 32.2. The molecule has 6 nitrogen and oxygen atoms in total. The van der Waals surface area contributed by atoms with E-state index < -0.39 is 10.0 Å². The highest BCUT2D eigenvalue weighted by Gasteiger charge is 2.16. The smallest absolute Gasteiger partial charge is 0.240 e. The van der Waals surface area contributed by atoms with Crippen LogP contribution in [-0.4, -0.2) is 39.9 Å². The Morgan fingerprint density at radius 2 is 1.92 bits per heavy atom. The van der Waals surface area contributed by atoms with Crippen LogP contribution in [0.5, 0.6) is 0 Å². The maximum absolute atomic E-state index is 12.2. The Balaban J connectivity index is 2.03. The molecule has 0 aliphatic carbocycles. The number of likely N-dealkylation sites (N-methyl/N-ethyl adjacent to an activating group) is 1. The van der Waals surface area contributed by atoms with E-state index in [-0.39, 0.29) is 17.3 Å². The Morgan fingerprint density at radius 3 is 2.52 bits per heavy atom. The number of nitrogens with one attached hydrogen (secondary N) is 2. The zero-order valence-corrected chi connectivity index (χ0v) is 16.4. The predicted octanol–water partition coefficient (Wildman–Crippen LogP) is 2.34. The molecule has 0 aliphatic rings. The summed E-state index contributed by atoms with van der Waals surface area (Å²) >= 11 is 1.67. The number of hydrogen-bond acceptors (Lipinski definition) is 5. The molecule has 0 saturated heterocycles. The molecule has 0 fully saturated rings. The van der Waals surface area contributed by atoms with Gasteiger partial charge in [0.05, 0.1) is 11.4 Å². The van der Waals surface area contributed by atoms with Crippen molar-refractivity contribution in [1.82, 2.24) is 9.62 Å². The second kappa shape index (κ2) is 8.09. The molecule has 0 aliphatic heterocycles. The quantitative estimate of drug-likeness (QED) is 0.772. The Morgan fingerprint density at radius 1 is 1.20 bits per heavy atom. The lowest BCUT2D eigenvalue weighted by Crippen LogP contribution is -2.30. The van der Waals surface area contributed by atoms with Crippen molar-refractivity contribution in [3.8, 4) is 0 Å². The van der Waals surface area contributed by atoms with E-state index in [1.54, 1.807) is 30.4 Å². The van der Waals surface area contributed by atoms with E-state index in [0.29, 0.717) is 17.8 Å². The van der Waals surface area contributed by atoms with Gasteiger partial charge in [-0.1, -0.05) is 6.07 Å². The van der Waals surface area contributed by atoms with Crippen molar-refractivity contribution < 1.29 is 13.2 Å². The van der Waals surface area contributed by atoms with Gasteiger partial charge in [-0.15, -0.1) is 11.3 Å². The maximum Gasteiger partial charge on any atom is 0.240 e. The lowest BCUT2D eigenvalue weighted by Gasteiger charge is -2.16. The number of benzene rings is 1. The van der Waals surface area contributed by atoms with Gasteiger partial charge in [0.25, 0.3) is 0 Å². The van der Waals surface area contributed by atoms with E-state index in [1.807, 2.05) is 17.3 Å². The fourth-order valence-corrected chi connectivity index (χ4v) is 4.37. The van der Waals surface area contributed by atoms with Crippen LogP contribution in [0.2, 0.25) is 0 Å². The molecule has 0 spiro atoms. The molecule has 0 atom stereocenters. The van der Waals surface area contributed by atoms with Crippen molar-refractivity contribution in [2.45, 2.75) is 25.3 Å². The third-order valence-corrected chi connectivity index (χ3v) is 6.39. The standard InChI is InChI=1S/C17H23N3O3S2/c1-12-7-8-24-15(12)10-20(4)11-17(21)19-14-6-5-13(2)16(9-14)25(22,23)18-3/h5-9,18H,10-11H2,1-4H3,(H,19,21). The van der Waals surface area contributed by atoms with Crippen LogP contribution in [0.25, 0.3) is 0 Å². The van der Waals surface area contributed by atoms with Crippen LogP contribution < -0.4 is 10.0 Å². The SMILES string of the molecule is CNS(=O)(=O)c1cc(NC(=O)CN(C)Cc2sccc2C)ccc1C. The largest absolute Gasteiger partial charge is 0.325 e. The first-order valence-electron chi connectivity index (χ1n) is 7.78. The van der Waals surface area contributed by atoms with Crippen LogP contribution in [0.4, 0.5) is 5.69 Å². The second-order valence-corrected chi connectivity index (χ2v) is 8.79. The first kappa shape index (κ1) is 19.6.